The largest absolute Gasteiger partial charge is 0.444 e. The van der Waals surface area contributed by atoms with E-state index in [1.807, 2.05) is 0 Å². The molecule has 0 bridgehead atoms. The van der Waals surface area contributed by atoms with Gasteiger partial charge in [0.1, 0.15) is 11.9 Å². The van der Waals surface area contributed by atoms with Crippen LogP contribution in [0.25, 0.3) is 0 Å². The summed E-state index contributed by atoms with van der Waals surface area (Å²) in [6.45, 7) is 0.228. The molecule has 1 aliphatic rings. The highest BCUT2D eigenvalue weighted by Crippen LogP contribution is 2.23. The summed E-state index contributed by atoms with van der Waals surface area (Å²) in [5.74, 6) is -0.389. The third-order valence-corrected chi connectivity index (χ3v) is 3.34. The Morgan fingerprint density at radius 2 is 2.05 bits per heavy atom. The van der Waals surface area contributed by atoms with E-state index in [1.54, 1.807) is 0 Å². The van der Waals surface area contributed by atoms with Gasteiger partial charge in [-0.25, -0.2) is 9.18 Å². The van der Waals surface area contributed by atoms with Crippen LogP contribution in [0, 0.1) is 5.82 Å². The first-order valence-electron chi connectivity index (χ1n) is 5.93. The molecule has 1 aromatic rings. The minimum absolute atomic E-state index is 0.0476. The summed E-state index contributed by atoms with van der Waals surface area (Å²) in [6.07, 6.45) is 0.241. The molecule has 0 spiro atoms. The van der Waals surface area contributed by atoms with E-state index in [-0.39, 0.29) is 25.4 Å². The Hall–Kier alpha value is -1.67. The van der Waals surface area contributed by atoms with Crippen molar-refractivity contribution >= 4 is 21.9 Å². The number of carbonyl (C=O) groups is 1. The minimum atomic E-state index is -3.50. The van der Waals surface area contributed by atoms with Crippen molar-refractivity contribution in [3.63, 3.8) is 0 Å². The molecule has 0 radical (unpaired) electrons. The molecule has 0 saturated carbocycles. The van der Waals surface area contributed by atoms with E-state index in [9.17, 15) is 17.6 Å². The van der Waals surface area contributed by atoms with E-state index in [0.717, 1.165) is 6.26 Å². The molecule has 110 valence electrons. The molecule has 1 unspecified atom stereocenters. The average molecular weight is 303 g/mol. The maximum Gasteiger partial charge on any atom is 0.414 e. The highest BCUT2D eigenvalue weighted by molar-refractivity contribution is 7.85. The van der Waals surface area contributed by atoms with Gasteiger partial charge in [-0.1, -0.05) is 0 Å². The number of anilines is 1. The Labute approximate surface area is 116 Å². The van der Waals surface area contributed by atoms with Crippen molar-refractivity contribution in [3.05, 3.63) is 30.1 Å². The number of nitrogens with zero attached hydrogens (tertiary/aromatic N) is 1. The summed E-state index contributed by atoms with van der Waals surface area (Å²) in [4.78, 5) is 13.0. The molecule has 0 aliphatic carbocycles. The van der Waals surface area contributed by atoms with Gasteiger partial charge < -0.3 is 4.74 Å². The zero-order valence-electron chi connectivity index (χ0n) is 10.8. The number of amides is 1. The Balaban J connectivity index is 1.92. The Morgan fingerprint density at radius 3 is 2.65 bits per heavy atom. The third kappa shape index (κ3) is 3.91. The van der Waals surface area contributed by atoms with E-state index < -0.39 is 22.3 Å². The van der Waals surface area contributed by atoms with E-state index in [2.05, 4.69) is 4.18 Å². The number of rotatable bonds is 5. The first kappa shape index (κ1) is 14.7. The molecule has 1 atom stereocenters. The van der Waals surface area contributed by atoms with Crippen molar-refractivity contribution in [1.82, 2.24) is 0 Å². The molecular formula is C12H14FNO5S. The summed E-state index contributed by atoms with van der Waals surface area (Å²) in [7, 11) is -3.50. The zero-order chi connectivity index (χ0) is 14.8. The van der Waals surface area contributed by atoms with Gasteiger partial charge in [0.25, 0.3) is 10.1 Å². The van der Waals surface area contributed by atoms with Crippen molar-refractivity contribution in [1.29, 1.82) is 0 Å². The number of halogens is 1. The fourth-order valence-electron chi connectivity index (χ4n) is 1.83. The van der Waals surface area contributed by atoms with Crippen LogP contribution in [0.1, 0.15) is 6.42 Å². The van der Waals surface area contributed by atoms with Gasteiger partial charge in [0.15, 0.2) is 0 Å². The van der Waals surface area contributed by atoms with Crippen molar-refractivity contribution in [2.45, 2.75) is 12.5 Å². The van der Waals surface area contributed by atoms with Gasteiger partial charge >= 0.3 is 6.09 Å². The number of hydrogen-bond acceptors (Lipinski definition) is 5. The smallest absolute Gasteiger partial charge is 0.414 e. The molecule has 1 saturated heterocycles. The summed E-state index contributed by atoms with van der Waals surface area (Å²) < 4.78 is 44.1. The Kier molecular flexibility index (Phi) is 4.24. The van der Waals surface area contributed by atoms with Gasteiger partial charge in [0.05, 0.1) is 19.4 Å². The van der Waals surface area contributed by atoms with Crippen molar-refractivity contribution in [3.8, 4) is 0 Å². The van der Waals surface area contributed by atoms with Crippen LogP contribution in [0.5, 0.6) is 0 Å². The number of ether oxygens (including phenoxy) is 1. The second kappa shape index (κ2) is 5.76. The molecule has 1 heterocycles. The molecule has 0 N–H and O–H groups in total. The molecule has 8 heteroatoms. The molecule has 20 heavy (non-hydrogen) atoms. The molecule has 1 aromatic carbocycles. The molecule has 0 aromatic heterocycles. The lowest BCUT2D eigenvalue weighted by Crippen LogP contribution is -2.24. The van der Waals surface area contributed by atoms with E-state index >= 15 is 0 Å². The van der Waals surface area contributed by atoms with Gasteiger partial charge in [0.2, 0.25) is 0 Å². The first-order chi connectivity index (χ1) is 9.35. The Bertz CT molecular complexity index is 586. The van der Waals surface area contributed by atoms with Gasteiger partial charge in [-0.05, 0) is 24.3 Å². The lowest BCUT2D eigenvalue weighted by molar-refractivity contribution is 0.126. The predicted octanol–water partition coefficient (Wildman–Crippen LogP) is 1.52. The lowest BCUT2D eigenvalue weighted by Gasteiger charge is -2.12. The molecule has 1 amide bonds. The van der Waals surface area contributed by atoms with Crippen LogP contribution >= 0.6 is 0 Å². The quantitative estimate of drug-likeness (QED) is 0.771. The predicted molar refractivity (Wildman–Crippen MR) is 69.4 cm³/mol. The van der Waals surface area contributed by atoms with Gasteiger partial charge in [-0.3, -0.25) is 9.08 Å². The summed E-state index contributed by atoms with van der Waals surface area (Å²) in [5, 5.41) is 0. The summed E-state index contributed by atoms with van der Waals surface area (Å²) in [5.41, 5.74) is 0.530. The highest BCUT2D eigenvalue weighted by atomic mass is 32.2. The van der Waals surface area contributed by atoms with Crippen LogP contribution in [0.2, 0.25) is 0 Å². The van der Waals surface area contributed by atoms with E-state index in [4.69, 9.17) is 4.74 Å². The number of carbonyl (C=O) groups excluding carboxylic acids is 1. The standard InChI is InChI=1S/C12H14FNO5S/c1-20(16,17)18-7-6-11-8-14(12(15)19-11)10-4-2-9(13)3-5-10/h2-5,11H,6-8H2,1H3. The molecule has 2 rings (SSSR count). The molecule has 1 aliphatic heterocycles. The van der Waals surface area contributed by atoms with Gasteiger partial charge in [-0.2, -0.15) is 8.42 Å². The second-order valence-corrected chi connectivity index (χ2v) is 6.05. The minimum Gasteiger partial charge on any atom is -0.444 e. The lowest BCUT2D eigenvalue weighted by atomic mass is 10.2. The van der Waals surface area contributed by atoms with Gasteiger partial charge in [0, 0.05) is 12.1 Å². The average Bonchev–Trinajstić information content (AvgIpc) is 2.70. The molecule has 6 nitrogen and oxygen atoms in total. The molecular weight excluding hydrogens is 289 g/mol. The topological polar surface area (TPSA) is 72.9 Å². The van der Waals surface area contributed by atoms with Crippen LogP contribution in [0.4, 0.5) is 14.9 Å². The molecule has 1 fully saturated rings. The third-order valence-electron chi connectivity index (χ3n) is 2.75. The van der Waals surface area contributed by atoms with Crippen LogP contribution < -0.4 is 4.90 Å². The van der Waals surface area contributed by atoms with Crippen LogP contribution in [-0.4, -0.2) is 40.0 Å². The van der Waals surface area contributed by atoms with Gasteiger partial charge in [-0.15, -0.1) is 0 Å². The van der Waals surface area contributed by atoms with E-state index in [1.165, 1.54) is 29.2 Å². The number of hydrogen-bond donors (Lipinski definition) is 0. The number of cyclic esters (lactones) is 1. The SMILES string of the molecule is CS(=O)(=O)OCCC1CN(c2ccc(F)cc2)C(=O)O1. The van der Waals surface area contributed by atoms with E-state index in [0.29, 0.717) is 5.69 Å². The summed E-state index contributed by atoms with van der Waals surface area (Å²) in [6, 6.07) is 5.46. The maximum absolute atomic E-state index is 12.8. The van der Waals surface area contributed by atoms with Crippen molar-refractivity contribution in [2.24, 2.45) is 0 Å². The fourth-order valence-corrected chi connectivity index (χ4v) is 2.23. The first-order valence-corrected chi connectivity index (χ1v) is 7.75. The number of benzene rings is 1. The monoisotopic (exact) mass is 303 g/mol. The normalized spacial score (nSPS) is 19.2. The van der Waals surface area contributed by atoms with Crippen LogP contribution in [0.15, 0.2) is 24.3 Å². The second-order valence-electron chi connectivity index (χ2n) is 4.41. The zero-order valence-corrected chi connectivity index (χ0v) is 11.6. The Morgan fingerprint density at radius 1 is 1.40 bits per heavy atom. The highest BCUT2D eigenvalue weighted by Gasteiger charge is 2.32. The fraction of sp³-hybridized carbons (Fsp3) is 0.417. The van der Waals surface area contributed by atoms with Crippen molar-refractivity contribution < 1.29 is 26.5 Å². The summed E-state index contributed by atoms with van der Waals surface area (Å²) >= 11 is 0. The van der Waals surface area contributed by atoms with Crippen molar-refractivity contribution in [2.75, 3.05) is 24.3 Å². The van der Waals surface area contributed by atoms with Crippen LogP contribution in [0.3, 0.4) is 0 Å². The van der Waals surface area contributed by atoms with Crippen LogP contribution in [-0.2, 0) is 19.0 Å². The maximum atomic E-state index is 12.8.